The molecule has 1 aromatic rings. The first kappa shape index (κ1) is 25.1. The highest BCUT2D eigenvalue weighted by Crippen LogP contribution is 2.16. The van der Waals surface area contributed by atoms with Crippen LogP contribution in [0.1, 0.15) is 39.3 Å². The molecule has 1 aliphatic heterocycles. The predicted molar refractivity (Wildman–Crippen MR) is 119 cm³/mol. The lowest BCUT2D eigenvalue weighted by Crippen LogP contribution is -2.54. The second-order valence-electron chi connectivity index (χ2n) is 6.73. The average molecular weight is 529 g/mol. The second kappa shape index (κ2) is 11.3. The van der Waals surface area contributed by atoms with Gasteiger partial charge in [0.15, 0.2) is 5.96 Å². The molecule has 0 saturated carbocycles. The molecule has 2 rings (SSSR count). The Bertz CT molecular complexity index is 699. The number of nitrogens with zero attached hydrogens (tertiary/aromatic N) is 4. The lowest BCUT2D eigenvalue weighted by atomic mass is 9.98. The number of halogens is 1. The summed E-state index contributed by atoms with van der Waals surface area (Å²) in [6.07, 6.45) is 2.65. The lowest BCUT2D eigenvalue weighted by molar-refractivity contribution is 0.0415. The Labute approximate surface area is 184 Å². The molecule has 0 radical (unpaired) electrons. The van der Waals surface area contributed by atoms with Crippen LogP contribution in [-0.4, -0.2) is 78.7 Å². The first-order valence-electron chi connectivity index (χ1n) is 9.46. The number of aromatic nitrogens is 1. The van der Waals surface area contributed by atoms with Gasteiger partial charge in [-0.25, -0.2) is 8.42 Å². The second-order valence-corrected chi connectivity index (χ2v) is 8.70. The standard InChI is InChI=1S/C17H31N5O4S.HI/c1-4-17(23,5-2)14-19-16(18-6-3)21-8-10-22(11-9-21)27(24,25)13-15-7-12-26-20-15;/h7,12,23H,4-6,8-11,13-14H2,1-3H3,(H,18,19);1H. The summed E-state index contributed by atoms with van der Waals surface area (Å²) in [4.78, 5) is 6.63. The number of nitrogens with one attached hydrogen (secondary N) is 1. The largest absolute Gasteiger partial charge is 0.388 e. The van der Waals surface area contributed by atoms with Crippen molar-refractivity contribution in [2.24, 2.45) is 4.99 Å². The van der Waals surface area contributed by atoms with E-state index >= 15 is 0 Å². The Morgan fingerprint density at radius 1 is 1.29 bits per heavy atom. The van der Waals surface area contributed by atoms with E-state index in [1.54, 1.807) is 6.07 Å². The quantitative estimate of drug-likeness (QED) is 0.296. The van der Waals surface area contributed by atoms with Crippen LogP contribution in [0.3, 0.4) is 0 Å². The van der Waals surface area contributed by atoms with Crippen LogP contribution in [0.15, 0.2) is 21.8 Å². The van der Waals surface area contributed by atoms with Gasteiger partial charge in [0.2, 0.25) is 10.0 Å². The molecule has 0 spiro atoms. The maximum Gasteiger partial charge on any atom is 0.220 e. The van der Waals surface area contributed by atoms with Crippen LogP contribution in [-0.2, 0) is 15.8 Å². The molecule has 0 aromatic carbocycles. The van der Waals surface area contributed by atoms with Crippen molar-refractivity contribution in [3.05, 3.63) is 18.0 Å². The summed E-state index contributed by atoms with van der Waals surface area (Å²) in [7, 11) is -3.43. The molecule has 0 atom stereocenters. The van der Waals surface area contributed by atoms with E-state index in [1.165, 1.54) is 10.6 Å². The van der Waals surface area contributed by atoms with Gasteiger partial charge in [0.25, 0.3) is 0 Å². The maximum absolute atomic E-state index is 12.5. The van der Waals surface area contributed by atoms with Gasteiger partial charge in [-0.15, -0.1) is 24.0 Å². The summed E-state index contributed by atoms with van der Waals surface area (Å²) in [6, 6.07) is 1.56. The molecule has 2 heterocycles. The number of sulfonamides is 1. The molecule has 11 heteroatoms. The van der Waals surface area contributed by atoms with Crippen LogP contribution in [0.25, 0.3) is 0 Å². The summed E-state index contributed by atoms with van der Waals surface area (Å²) in [5.74, 6) is 0.559. The van der Waals surface area contributed by atoms with Crippen molar-refractivity contribution in [2.45, 2.75) is 45.0 Å². The zero-order valence-electron chi connectivity index (χ0n) is 16.8. The molecule has 2 N–H and O–H groups in total. The molecular formula is C17H32IN5O4S. The fourth-order valence-electron chi connectivity index (χ4n) is 2.89. The normalized spacial score (nSPS) is 16.7. The van der Waals surface area contributed by atoms with Crippen molar-refractivity contribution in [1.82, 2.24) is 19.7 Å². The van der Waals surface area contributed by atoms with Gasteiger partial charge in [0, 0.05) is 38.8 Å². The Morgan fingerprint density at radius 2 is 1.93 bits per heavy atom. The third kappa shape index (κ3) is 6.85. The summed E-state index contributed by atoms with van der Waals surface area (Å²) in [5, 5.41) is 17.4. The highest BCUT2D eigenvalue weighted by atomic mass is 127. The van der Waals surface area contributed by atoms with E-state index in [1.807, 2.05) is 25.7 Å². The average Bonchev–Trinajstić information content (AvgIpc) is 3.17. The van der Waals surface area contributed by atoms with Crippen LogP contribution >= 0.6 is 24.0 Å². The predicted octanol–water partition coefficient (Wildman–Crippen LogP) is 1.26. The molecule has 9 nitrogen and oxygen atoms in total. The highest BCUT2D eigenvalue weighted by molar-refractivity contribution is 14.0. The molecule has 0 amide bonds. The minimum atomic E-state index is -3.43. The summed E-state index contributed by atoms with van der Waals surface area (Å²) in [6.45, 7) is 8.77. The number of guanidine groups is 1. The van der Waals surface area contributed by atoms with Crippen LogP contribution in [0.5, 0.6) is 0 Å². The number of aliphatic hydroxyl groups is 1. The molecule has 0 bridgehead atoms. The number of hydrogen-bond donors (Lipinski definition) is 2. The van der Waals surface area contributed by atoms with Gasteiger partial charge in [-0.2, -0.15) is 4.31 Å². The smallest absolute Gasteiger partial charge is 0.220 e. The summed E-state index contributed by atoms with van der Waals surface area (Å²) >= 11 is 0. The fourth-order valence-corrected chi connectivity index (χ4v) is 4.31. The van der Waals surface area contributed by atoms with Crippen molar-refractivity contribution in [3.63, 3.8) is 0 Å². The minimum Gasteiger partial charge on any atom is -0.388 e. The first-order valence-corrected chi connectivity index (χ1v) is 11.1. The number of rotatable bonds is 8. The molecule has 0 aliphatic carbocycles. The van der Waals surface area contributed by atoms with Gasteiger partial charge >= 0.3 is 0 Å². The number of hydrogen-bond acceptors (Lipinski definition) is 6. The molecule has 1 fully saturated rings. The van der Waals surface area contributed by atoms with Gasteiger partial charge in [-0.1, -0.05) is 19.0 Å². The maximum atomic E-state index is 12.5. The van der Waals surface area contributed by atoms with Gasteiger partial charge in [-0.3, -0.25) is 4.99 Å². The monoisotopic (exact) mass is 529 g/mol. The van der Waals surface area contributed by atoms with Crippen LogP contribution in [0, 0.1) is 0 Å². The third-order valence-electron chi connectivity index (χ3n) is 4.93. The van der Waals surface area contributed by atoms with Crippen molar-refractivity contribution in [3.8, 4) is 0 Å². The minimum absolute atomic E-state index is 0. The van der Waals surface area contributed by atoms with Crippen molar-refractivity contribution < 1.29 is 18.0 Å². The van der Waals surface area contributed by atoms with Crippen molar-refractivity contribution in [2.75, 3.05) is 39.3 Å². The van der Waals surface area contributed by atoms with Crippen molar-refractivity contribution in [1.29, 1.82) is 0 Å². The van der Waals surface area contributed by atoms with E-state index in [4.69, 9.17) is 4.52 Å². The SMILES string of the molecule is CCNC(=NCC(O)(CC)CC)N1CCN(S(=O)(=O)Cc2ccon2)CC1.I. The summed E-state index contributed by atoms with van der Waals surface area (Å²) in [5.41, 5.74) is -0.394. The zero-order chi connectivity index (χ0) is 19.9. The van der Waals surface area contributed by atoms with E-state index in [9.17, 15) is 13.5 Å². The van der Waals surface area contributed by atoms with Gasteiger partial charge < -0.3 is 19.8 Å². The molecule has 28 heavy (non-hydrogen) atoms. The fraction of sp³-hybridized carbons (Fsp3) is 0.765. The Kier molecular flexibility index (Phi) is 10.1. The number of aliphatic imine (C=N–C) groups is 1. The third-order valence-corrected chi connectivity index (χ3v) is 6.74. The summed E-state index contributed by atoms with van der Waals surface area (Å²) < 4.78 is 31.3. The molecule has 1 saturated heterocycles. The topological polar surface area (TPSA) is 111 Å². The van der Waals surface area contributed by atoms with E-state index in [0.29, 0.717) is 63.8 Å². The van der Waals surface area contributed by atoms with Crippen LogP contribution < -0.4 is 5.32 Å². The number of piperazine rings is 1. The highest BCUT2D eigenvalue weighted by Gasteiger charge is 2.29. The Balaban J connectivity index is 0.00000392. The lowest BCUT2D eigenvalue weighted by Gasteiger charge is -2.36. The first-order chi connectivity index (χ1) is 12.8. The van der Waals surface area contributed by atoms with E-state index in [2.05, 4.69) is 15.5 Å². The molecule has 1 aromatic heterocycles. The molecule has 1 aliphatic rings. The zero-order valence-corrected chi connectivity index (χ0v) is 19.9. The van der Waals surface area contributed by atoms with E-state index in [0.717, 1.165) is 0 Å². The molecule has 0 unspecified atom stereocenters. The van der Waals surface area contributed by atoms with Gasteiger partial charge in [0.1, 0.15) is 12.0 Å². The molecular weight excluding hydrogens is 497 g/mol. The molecule has 162 valence electrons. The van der Waals surface area contributed by atoms with E-state index < -0.39 is 15.6 Å². The van der Waals surface area contributed by atoms with Gasteiger partial charge in [-0.05, 0) is 19.8 Å². The Hall–Kier alpha value is -0.920. The van der Waals surface area contributed by atoms with Crippen molar-refractivity contribution >= 4 is 40.0 Å². The Morgan fingerprint density at radius 3 is 2.43 bits per heavy atom. The van der Waals surface area contributed by atoms with E-state index in [-0.39, 0.29) is 29.7 Å². The van der Waals surface area contributed by atoms with Gasteiger partial charge in [0.05, 0.1) is 17.8 Å². The van der Waals surface area contributed by atoms with Crippen LogP contribution in [0.2, 0.25) is 0 Å². The van der Waals surface area contributed by atoms with Crippen LogP contribution in [0.4, 0.5) is 0 Å².